The zero-order valence-electron chi connectivity index (χ0n) is 21.2. The second-order valence-corrected chi connectivity index (χ2v) is 9.32. The third-order valence-corrected chi connectivity index (χ3v) is 6.13. The van der Waals surface area contributed by atoms with Gasteiger partial charge in [-0.25, -0.2) is 0 Å². The minimum absolute atomic E-state index is 0.0284. The van der Waals surface area contributed by atoms with Crippen molar-refractivity contribution in [1.82, 2.24) is 10.2 Å². The molecular formula is C27H36Cl2N2O4. The van der Waals surface area contributed by atoms with Crippen LogP contribution in [-0.4, -0.2) is 42.0 Å². The number of aryl methyl sites for hydroxylation is 1. The van der Waals surface area contributed by atoms with E-state index in [1.165, 1.54) is 0 Å². The van der Waals surface area contributed by atoms with Gasteiger partial charge in [-0.3, -0.25) is 9.59 Å². The molecule has 1 N–H and O–H groups in total. The minimum Gasteiger partial charge on any atom is -0.490 e. The molecule has 0 saturated carbocycles. The van der Waals surface area contributed by atoms with Crippen molar-refractivity contribution in [3.05, 3.63) is 57.6 Å². The van der Waals surface area contributed by atoms with Crippen LogP contribution in [0.4, 0.5) is 0 Å². The van der Waals surface area contributed by atoms with Crippen molar-refractivity contribution in [2.45, 2.75) is 72.5 Å². The molecule has 0 fully saturated rings. The third kappa shape index (κ3) is 8.62. The Morgan fingerprint density at radius 2 is 1.57 bits per heavy atom. The topological polar surface area (TPSA) is 67.9 Å². The fraction of sp³-hybridized carbons (Fsp3) is 0.481. The van der Waals surface area contributed by atoms with E-state index in [4.69, 9.17) is 32.7 Å². The Morgan fingerprint density at radius 3 is 2.17 bits per heavy atom. The number of nitrogens with one attached hydrogen (secondary N) is 1. The summed E-state index contributed by atoms with van der Waals surface area (Å²) in [6.07, 6.45) is 1.24. The molecule has 2 rings (SSSR count). The van der Waals surface area contributed by atoms with Crippen LogP contribution in [-0.2, 0) is 22.6 Å². The summed E-state index contributed by atoms with van der Waals surface area (Å²) in [4.78, 5) is 28.1. The van der Waals surface area contributed by atoms with Crippen LogP contribution >= 0.6 is 23.2 Å². The van der Waals surface area contributed by atoms with Crippen LogP contribution in [0.5, 0.6) is 11.5 Å². The van der Waals surface area contributed by atoms with Gasteiger partial charge in [-0.1, -0.05) is 42.3 Å². The molecular weight excluding hydrogens is 487 g/mol. The maximum absolute atomic E-state index is 13.5. The van der Waals surface area contributed by atoms with Gasteiger partial charge >= 0.3 is 0 Å². The summed E-state index contributed by atoms with van der Waals surface area (Å²) in [6.45, 7) is 10.9. The van der Waals surface area contributed by atoms with Gasteiger partial charge in [-0.05, 0) is 75.9 Å². The minimum atomic E-state index is -0.598. The zero-order valence-corrected chi connectivity index (χ0v) is 22.7. The van der Waals surface area contributed by atoms with Gasteiger partial charge in [-0.15, -0.1) is 0 Å². The van der Waals surface area contributed by atoms with Crippen LogP contribution in [0.2, 0.25) is 10.0 Å². The quantitative estimate of drug-likeness (QED) is 0.347. The number of carbonyl (C=O) groups is 2. The molecule has 0 unspecified atom stereocenters. The van der Waals surface area contributed by atoms with E-state index < -0.39 is 6.04 Å². The van der Waals surface area contributed by atoms with E-state index in [2.05, 4.69) is 5.32 Å². The SMILES string of the molecule is CCOc1ccc(CCC(=O)N(Cc2ccc(Cl)c(Cl)c2)[C@@H](CC)C(=O)NC(C)C)cc1OCC. The summed E-state index contributed by atoms with van der Waals surface area (Å²) in [5.41, 5.74) is 1.77. The van der Waals surface area contributed by atoms with E-state index in [1.54, 1.807) is 17.0 Å². The Balaban J connectivity index is 2.26. The number of halogens is 2. The number of hydrogen-bond donors (Lipinski definition) is 1. The molecule has 35 heavy (non-hydrogen) atoms. The molecule has 0 aliphatic heterocycles. The molecule has 0 heterocycles. The second kappa shape index (κ2) is 14.2. The number of hydrogen-bond acceptors (Lipinski definition) is 4. The van der Waals surface area contributed by atoms with Crippen LogP contribution in [0.3, 0.4) is 0 Å². The highest BCUT2D eigenvalue weighted by molar-refractivity contribution is 6.42. The van der Waals surface area contributed by atoms with Crippen molar-refractivity contribution in [2.75, 3.05) is 13.2 Å². The first-order chi connectivity index (χ1) is 16.7. The molecule has 0 aliphatic carbocycles. The molecule has 2 amide bonds. The summed E-state index contributed by atoms with van der Waals surface area (Å²) < 4.78 is 11.3. The highest BCUT2D eigenvalue weighted by Crippen LogP contribution is 2.29. The molecule has 0 bridgehead atoms. The fourth-order valence-corrected chi connectivity index (χ4v) is 4.10. The Bertz CT molecular complexity index is 997. The van der Waals surface area contributed by atoms with Gasteiger partial charge in [-0.2, -0.15) is 0 Å². The van der Waals surface area contributed by atoms with Gasteiger partial charge in [0.1, 0.15) is 6.04 Å². The first-order valence-electron chi connectivity index (χ1n) is 12.1. The molecule has 0 saturated heterocycles. The molecule has 0 spiro atoms. The highest BCUT2D eigenvalue weighted by atomic mass is 35.5. The van der Waals surface area contributed by atoms with Crippen LogP contribution in [0.1, 0.15) is 58.6 Å². The predicted octanol–water partition coefficient (Wildman–Crippen LogP) is 6.06. The summed E-state index contributed by atoms with van der Waals surface area (Å²) in [7, 11) is 0. The normalized spacial score (nSPS) is 11.8. The molecule has 2 aromatic carbocycles. The van der Waals surface area contributed by atoms with Gasteiger partial charge in [0.05, 0.1) is 23.3 Å². The van der Waals surface area contributed by atoms with Crippen LogP contribution < -0.4 is 14.8 Å². The zero-order chi connectivity index (χ0) is 26.0. The number of amides is 2. The summed E-state index contributed by atoms with van der Waals surface area (Å²) in [5.74, 6) is 1.06. The Labute approximate surface area is 218 Å². The maximum Gasteiger partial charge on any atom is 0.243 e. The fourth-order valence-electron chi connectivity index (χ4n) is 3.78. The van der Waals surface area contributed by atoms with Crippen molar-refractivity contribution in [1.29, 1.82) is 0 Å². The van der Waals surface area contributed by atoms with E-state index in [0.29, 0.717) is 47.6 Å². The van der Waals surface area contributed by atoms with Crippen molar-refractivity contribution >= 4 is 35.0 Å². The van der Waals surface area contributed by atoms with Gasteiger partial charge in [0.15, 0.2) is 11.5 Å². The predicted molar refractivity (Wildman–Crippen MR) is 141 cm³/mol. The second-order valence-electron chi connectivity index (χ2n) is 8.50. The lowest BCUT2D eigenvalue weighted by Gasteiger charge is -2.31. The maximum atomic E-state index is 13.5. The van der Waals surface area contributed by atoms with Crippen LogP contribution in [0.25, 0.3) is 0 Å². The van der Waals surface area contributed by atoms with Gasteiger partial charge in [0.2, 0.25) is 11.8 Å². The smallest absolute Gasteiger partial charge is 0.243 e. The van der Waals surface area contributed by atoms with Crippen LogP contribution in [0, 0.1) is 0 Å². The highest BCUT2D eigenvalue weighted by Gasteiger charge is 2.29. The lowest BCUT2D eigenvalue weighted by molar-refractivity contribution is -0.141. The number of ether oxygens (including phenoxy) is 2. The monoisotopic (exact) mass is 522 g/mol. The van der Waals surface area contributed by atoms with Gasteiger partial charge in [0, 0.05) is 19.0 Å². The van der Waals surface area contributed by atoms with Crippen molar-refractivity contribution < 1.29 is 19.1 Å². The van der Waals surface area contributed by atoms with Crippen molar-refractivity contribution in [3.8, 4) is 11.5 Å². The molecule has 6 nitrogen and oxygen atoms in total. The van der Waals surface area contributed by atoms with Crippen molar-refractivity contribution in [3.63, 3.8) is 0 Å². The van der Waals surface area contributed by atoms with Crippen molar-refractivity contribution in [2.24, 2.45) is 0 Å². The molecule has 0 aromatic heterocycles. The molecule has 0 radical (unpaired) electrons. The average Bonchev–Trinajstić information content (AvgIpc) is 2.81. The van der Waals surface area contributed by atoms with E-state index in [0.717, 1.165) is 11.1 Å². The first-order valence-corrected chi connectivity index (χ1v) is 12.9. The molecule has 8 heteroatoms. The Hall–Kier alpha value is -2.44. The third-order valence-electron chi connectivity index (χ3n) is 5.39. The van der Waals surface area contributed by atoms with Crippen LogP contribution in [0.15, 0.2) is 36.4 Å². The van der Waals surface area contributed by atoms with E-state index in [9.17, 15) is 9.59 Å². The Morgan fingerprint density at radius 1 is 0.914 bits per heavy atom. The molecule has 192 valence electrons. The van der Waals surface area contributed by atoms with E-state index >= 15 is 0 Å². The first kappa shape index (κ1) is 28.8. The Kier molecular flexibility index (Phi) is 11.7. The summed E-state index contributed by atoms with van der Waals surface area (Å²) >= 11 is 12.3. The molecule has 0 aliphatic rings. The van der Waals surface area contributed by atoms with Gasteiger partial charge < -0.3 is 19.7 Å². The van der Waals surface area contributed by atoms with E-state index in [-0.39, 0.29) is 30.8 Å². The lowest BCUT2D eigenvalue weighted by Crippen LogP contribution is -2.50. The number of benzene rings is 2. The average molecular weight is 524 g/mol. The lowest BCUT2D eigenvalue weighted by atomic mass is 10.1. The molecule has 2 aromatic rings. The number of nitrogens with zero attached hydrogens (tertiary/aromatic N) is 1. The summed E-state index contributed by atoms with van der Waals surface area (Å²) in [5, 5.41) is 3.79. The van der Waals surface area contributed by atoms with E-state index in [1.807, 2.05) is 58.9 Å². The summed E-state index contributed by atoms with van der Waals surface area (Å²) in [6, 6.07) is 10.3. The van der Waals surface area contributed by atoms with Gasteiger partial charge in [0.25, 0.3) is 0 Å². The molecule has 1 atom stereocenters. The standard InChI is InChI=1S/C27H36Cl2N2O4/c1-6-23(27(33)30-18(4)5)31(17-20-9-12-21(28)22(29)15-20)26(32)14-11-19-10-13-24(34-7-2)25(16-19)35-8-3/h9-10,12-13,15-16,18,23H,6-8,11,14,17H2,1-5H3,(H,30,33)/t23-/m0/s1. The number of rotatable bonds is 13. The largest absolute Gasteiger partial charge is 0.490 e. The number of carbonyl (C=O) groups excluding carboxylic acids is 2.